The van der Waals surface area contributed by atoms with E-state index in [9.17, 15) is 4.79 Å². The molecule has 9 nitrogen and oxygen atoms in total. The number of carbonyl (C=O) groups excluding carboxylic acids is 1. The number of anilines is 3. The van der Waals surface area contributed by atoms with Crippen molar-refractivity contribution in [3.63, 3.8) is 0 Å². The lowest BCUT2D eigenvalue weighted by atomic mass is 10.1. The molecule has 2 aromatic rings. The molecule has 1 heterocycles. The van der Waals surface area contributed by atoms with Crippen LogP contribution in [0.3, 0.4) is 0 Å². The highest BCUT2D eigenvalue weighted by Crippen LogP contribution is 2.28. The van der Waals surface area contributed by atoms with Gasteiger partial charge in [0.15, 0.2) is 0 Å². The number of aromatic nitrogens is 2. The molecule has 31 heavy (non-hydrogen) atoms. The number of nitrogens with one attached hydrogen (secondary N) is 1. The Hall–Kier alpha value is -2.91. The van der Waals surface area contributed by atoms with Gasteiger partial charge >= 0.3 is 6.09 Å². The number of carbonyl (C=O) groups is 1. The fraction of sp³-hybridized carbons (Fsp3) is 0.429. The third kappa shape index (κ3) is 7.69. The first-order chi connectivity index (χ1) is 14.5. The maximum absolute atomic E-state index is 12.4. The first-order valence-electron chi connectivity index (χ1n) is 9.68. The van der Waals surface area contributed by atoms with Crippen LogP contribution in [0, 0.1) is 6.92 Å². The molecular formula is C21H29ClN6O3. The van der Waals surface area contributed by atoms with Gasteiger partial charge in [-0.05, 0) is 77.2 Å². The van der Waals surface area contributed by atoms with Gasteiger partial charge in [-0.15, -0.1) is 0 Å². The predicted octanol–water partition coefficient (Wildman–Crippen LogP) is 4.48. The Morgan fingerprint density at radius 2 is 1.97 bits per heavy atom. The maximum atomic E-state index is 12.4. The second-order valence-corrected chi connectivity index (χ2v) is 8.41. The van der Waals surface area contributed by atoms with Crippen LogP contribution in [0.25, 0.3) is 0 Å². The van der Waals surface area contributed by atoms with E-state index in [0.717, 1.165) is 22.8 Å². The van der Waals surface area contributed by atoms with Crippen molar-refractivity contribution in [2.75, 3.05) is 37.6 Å². The molecule has 0 bridgehead atoms. The smallest absolute Gasteiger partial charge is 0.435 e. The summed E-state index contributed by atoms with van der Waals surface area (Å²) in [5, 5.41) is 8.18. The zero-order chi connectivity index (χ0) is 23.2. The number of benzene rings is 1. The molecule has 0 fully saturated rings. The van der Waals surface area contributed by atoms with Gasteiger partial charge in [0.1, 0.15) is 18.0 Å². The minimum atomic E-state index is -0.645. The molecule has 1 amide bonds. The normalized spacial score (nSPS) is 11.2. The van der Waals surface area contributed by atoms with Gasteiger partial charge in [-0.1, -0.05) is 0 Å². The first-order valence-corrected chi connectivity index (χ1v) is 10.1. The molecule has 0 unspecified atom stereocenters. The van der Waals surface area contributed by atoms with E-state index in [1.54, 1.807) is 39.0 Å². The number of likely N-dealkylation sites (N-methyl/N-ethyl adjacent to an activating group) is 1. The van der Waals surface area contributed by atoms with E-state index >= 15 is 0 Å². The molecule has 0 aliphatic heterocycles. The molecule has 0 radical (unpaired) electrons. The molecule has 0 atom stereocenters. The van der Waals surface area contributed by atoms with Crippen LogP contribution in [-0.2, 0) is 4.74 Å². The summed E-state index contributed by atoms with van der Waals surface area (Å²) in [5.41, 5.74) is 1.44. The summed E-state index contributed by atoms with van der Waals surface area (Å²) in [6, 6.07) is 7.05. The van der Waals surface area contributed by atoms with E-state index in [-0.39, 0.29) is 5.28 Å². The standard InChI is InChI=1S/C21H29ClN6O3/c1-14-12-15(8-9-16(14)28(23-5)20(29)31-21(2,3)4)24-17-13-18(26-19(22)25-17)30-11-10-27(6)7/h8-9,12-13H,5,10-11H2,1-4,6-7H3,(H,24,25,26). The fourth-order valence-corrected chi connectivity index (χ4v) is 2.70. The Bertz CT molecular complexity index is 930. The second kappa shape index (κ2) is 10.4. The van der Waals surface area contributed by atoms with Gasteiger partial charge in [0.25, 0.3) is 0 Å². The summed E-state index contributed by atoms with van der Waals surface area (Å²) in [6.45, 7) is 11.9. The summed E-state index contributed by atoms with van der Waals surface area (Å²) in [4.78, 5) is 22.7. The number of hydrazone groups is 1. The van der Waals surface area contributed by atoms with Crippen molar-refractivity contribution in [3.8, 4) is 5.88 Å². The van der Waals surface area contributed by atoms with Gasteiger partial charge in [0.2, 0.25) is 11.2 Å². The molecule has 168 valence electrons. The molecule has 2 rings (SSSR count). The van der Waals surface area contributed by atoms with E-state index in [1.807, 2.05) is 32.0 Å². The molecular weight excluding hydrogens is 420 g/mol. The van der Waals surface area contributed by atoms with Crippen LogP contribution in [0.2, 0.25) is 5.28 Å². The lowest BCUT2D eigenvalue weighted by Gasteiger charge is -2.25. The van der Waals surface area contributed by atoms with E-state index in [2.05, 4.69) is 27.1 Å². The monoisotopic (exact) mass is 448 g/mol. The van der Waals surface area contributed by atoms with Gasteiger partial charge in [0.05, 0.1) is 5.69 Å². The van der Waals surface area contributed by atoms with Gasteiger partial charge in [-0.3, -0.25) is 0 Å². The highest BCUT2D eigenvalue weighted by atomic mass is 35.5. The van der Waals surface area contributed by atoms with Crippen molar-refractivity contribution in [2.24, 2.45) is 5.10 Å². The first kappa shape index (κ1) is 24.4. The Labute approximate surface area is 188 Å². The largest absolute Gasteiger partial charge is 0.476 e. The number of aryl methyl sites for hydroxylation is 1. The van der Waals surface area contributed by atoms with Crippen LogP contribution in [0.15, 0.2) is 29.4 Å². The van der Waals surface area contributed by atoms with Crippen molar-refractivity contribution < 1.29 is 14.3 Å². The Kier molecular flexibility index (Phi) is 8.18. The average Bonchev–Trinajstić information content (AvgIpc) is 2.62. The van der Waals surface area contributed by atoms with Crippen LogP contribution < -0.4 is 15.1 Å². The van der Waals surface area contributed by atoms with Crippen molar-refractivity contribution in [1.82, 2.24) is 14.9 Å². The zero-order valence-electron chi connectivity index (χ0n) is 18.8. The zero-order valence-corrected chi connectivity index (χ0v) is 19.5. The number of amides is 1. The van der Waals surface area contributed by atoms with E-state index in [1.165, 1.54) is 0 Å². The molecule has 0 saturated carbocycles. The number of hydrogen-bond acceptors (Lipinski definition) is 8. The number of ether oxygens (including phenoxy) is 2. The van der Waals surface area contributed by atoms with Gasteiger partial charge in [-0.25, -0.2) is 9.78 Å². The number of rotatable bonds is 8. The number of halogens is 1. The van der Waals surface area contributed by atoms with Crippen LogP contribution in [0.5, 0.6) is 5.88 Å². The van der Waals surface area contributed by atoms with Crippen LogP contribution in [-0.4, -0.2) is 60.5 Å². The van der Waals surface area contributed by atoms with E-state index in [4.69, 9.17) is 21.1 Å². The molecule has 1 aromatic heterocycles. The predicted molar refractivity (Wildman–Crippen MR) is 124 cm³/mol. The number of nitrogens with zero attached hydrogens (tertiary/aromatic N) is 5. The summed E-state index contributed by atoms with van der Waals surface area (Å²) in [6.07, 6.45) is -0.603. The average molecular weight is 449 g/mol. The van der Waals surface area contributed by atoms with Gasteiger partial charge < -0.3 is 19.7 Å². The van der Waals surface area contributed by atoms with Gasteiger partial charge in [0, 0.05) is 25.0 Å². The Morgan fingerprint density at radius 3 is 2.55 bits per heavy atom. The van der Waals surface area contributed by atoms with Crippen LogP contribution in [0.4, 0.5) is 22.0 Å². The molecule has 0 aliphatic rings. The SMILES string of the molecule is C=NN(C(=O)OC(C)(C)C)c1ccc(Nc2cc(OCCN(C)C)nc(Cl)n2)cc1C. The molecule has 10 heteroatoms. The Balaban J connectivity index is 2.17. The van der Waals surface area contributed by atoms with Crippen molar-refractivity contribution in [3.05, 3.63) is 35.1 Å². The summed E-state index contributed by atoms with van der Waals surface area (Å²) >= 11 is 6.03. The van der Waals surface area contributed by atoms with Gasteiger partial charge in [-0.2, -0.15) is 15.1 Å². The summed E-state index contributed by atoms with van der Waals surface area (Å²) in [7, 11) is 3.92. The van der Waals surface area contributed by atoms with Crippen molar-refractivity contribution in [2.45, 2.75) is 33.3 Å². The molecule has 0 saturated heterocycles. The Morgan fingerprint density at radius 1 is 1.26 bits per heavy atom. The van der Waals surface area contributed by atoms with Crippen LogP contribution in [0.1, 0.15) is 26.3 Å². The van der Waals surface area contributed by atoms with E-state index < -0.39 is 11.7 Å². The lowest BCUT2D eigenvalue weighted by molar-refractivity contribution is 0.0581. The highest BCUT2D eigenvalue weighted by Gasteiger charge is 2.24. The minimum absolute atomic E-state index is 0.0742. The van der Waals surface area contributed by atoms with E-state index in [0.29, 0.717) is 24.0 Å². The van der Waals surface area contributed by atoms with Crippen LogP contribution >= 0.6 is 11.6 Å². The molecule has 1 aromatic carbocycles. The highest BCUT2D eigenvalue weighted by molar-refractivity contribution is 6.28. The maximum Gasteiger partial charge on any atom is 0.435 e. The molecule has 0 aliphatic carbocycles. The summed E-state index contributed by atoms with van der Waals surface area (Å²) < 4.78 is 11.0. The third-order valence-corrected chi connectivity index (χ3v) is 4.04. The molecule has 1 N–H and O–H groups in total. The van der Waals surface area contributed by atoms with Crippen molar-refractivity contribution >= 4 is 41.6 Å². The second-order valence-electron chi connectivity index (χ2n) is 8.07. The minimum Gasteiger partial charge on any atom is -0.476 e. The van der Waals surface area contributed by atoms with Crippen molar-refractivity contribution in [1.29, 1.82) is 0 Å². The third-order valence-electron chi connectivity index (χ3n) is 3.87. The summed E-state index contributed by atoms with van der Waals surface area (Å²) in [5.74, 6) is 0.863. The lowest BCUT2D eigenvalue weighted by Crippen LogP contribution is -2.33. The quantitative estimate of drug-likeness (QED) is 0.361. The number of hydrogen-bond donors (Lipinski definition) is 1. The topological polar surface area (TPSA) is 92.2 Å². The fourth-order valence-electron chi connectivity index (χ4n) is 2.52. The molecule has 0 spiro atoms.